The Hall–Kier alpha value is -3.40. The molecule has 0 unspecified atom stereocenters. The Morgan fingerprint density at radius 3 is 2.70 bits per heavy atom. The van der Waals surface area contributed by atoms with Gasteiger partial charge in [0.15, 0.2) is 5.65 Å². The predicted molar refractivity (Wildman–Crippen MR) is 126 cm³/mol. The fourth-order valence-corrected chi connectivity index (χ4v) is 4.47. The lowest BCUT2D eigenvalue weighted by atomic mass is 9.81. The largest absolute Gasteiger partial charge is 0.386 e. The minimum absolute atomic E-state index is 0.0942. The van der Waals surface area contributed by atoms with Gasteiger partial charge in [-0.25, -0.2) is 19.3 Å². The second-order valence-corrected chi connectivity index (χ2v) is 9.18. The molecule has 3 N–H and O–H groups in total. The van der Waals surface area contributed by atoms with Crippen molar-refractivity contribution >= 4 is 34.4 Å². The van der Waals surface area contributed by atoms with Gasteiger partial charge in [0.25, 0.3) is 5.56 Å². The van der Waals surface area contributed by atoms with Gasteiger partial charge in [-0.3, -0.25) is 4.79 Å². The first-order valence-electron chi connectivity index (χ1n) is 11.3. The number of imidazole rings is 1. The van der Waals surface area contributed by atoms with E-state index >= 15 is 0 Å². The van der Waals surface area contributed by atoms with Gasteiger partial charge in [-0.05, 0) is 44.2 Å². The molecule has 4 heterocycles. The first-order valence-corrected chi connectivity index (χ1v) is 11.3. The van der Waals surface area contributed by atoms with Crippen molar-refractivity contribution in [3.63, 3.8) is 0 Å². The van der Waals surface area contributed by atoms with E-state index in [-0.39, 0.29) is 29.8 Å². The lowest BCUT2D eigenvalue weighted by molar-refractivity contribution is 0.0332. The van der Waals surface area contributed by atoms with Crippen molar-refractivity contribution in [1.82, 2.24) is 24.4 Å². The number of nitrogens with one attached hydrogen (secondary N) is 3. The maximum atomic E-state index is 13.3. The summed E-state index contributed by atoms with van der Waals surface area (Å²) in [7, 11) is 1.78. The van der Waals surface area contributed by atoms with Crippen LogP contribution in [0, 0.1) is 5.92 Å². The standard InChI is InChI=1S/C23H29N7O3/c1-12-5-16(6-12)29-9-15-7-18(22(29)31)27-19-8-17(24-4)20-21(28-19)30(11-25-20)23(32)26-13(2)14(3)33-10-15/h7-9,11-14,16H,5-6,10H2,1-4H3,(H,26,32)(H2,24,27,28)/t12?,13-,14-,16?/m1/s1. The Balaban J connectivity index is 1.66. The predicted octanol–water partition coefficient (Wildman–Crippen LogP) is 3.21. The summed E-state index contributed by atoms with van der Waals surface area (Å²) in [5.41, 5.74) is 2.89. The van der Waals surface area contributed by atoms with Crippen molar-refractivity contribution in [2.24, 2.45) is 5.92 Å². The Bertz CT molecular complexity index is 1280. The number of pyridine rings is 2. The van der Waals surface area contributed by atoms with E-state index in [0.29, 0.717) is 40.9 Å². The summed E-state index contributed by atoms with van der Waals surface area (Å²) in [4.78, 5) is 35.3. The highest BCUT2D eigenvalue weighted by Crippen LogP contribution is 2.37. The van der Waals surface area contributed by atoms with Gasteiger partial charge in [0.1, 0.15) is 23.3 Å². The van der Waals surface area contributed by atoms with Gasteiger partial charge in [0, 0.05) is 25.4 Å². The van der Waals surface area contributed by atoms with E-state index in [1.807, 2.05) is 30.7 Å². The van der Waals surface area contributed by atoms with Gasteiger partial charge >= 0.3 is 6.03 Å². The molecule has 33 heavy (non-hydrogen) atoms. The second-order valence-electron chi connectivity index (χ2n) is 9.18. The summed E-state index contributed by atoms with van der Waals surface area (Å²) in [5.74, 6) is 1.06. The summed E-state index contributed by atoms with van der Waals surface area (Å²) in [6.45, 7) is 6.34. The summed E-state index contributed by atoms with van der Waals surface area (Å²) >= 11 is 0. The van der Waals surface area contributed by atoms with E-state index in [0.717, 1.165) is 18.4 Å². The molecule has 3 aromatic rings. The van der Waals surface area contributed by atoms with Gasteiger partial charge in [0.05, 0.1) is 24.4 Å². The number of nitrogens with zero attached hydrogens (tertiary/aromatic N) is 4. The van der Waals surface area contributed by atoms with Gasteiger partial charge in [-0.1, -0.05) is 6.92 Å². The first kappa shape index (κ1) is 21.4. The number of anilines is 3. The molecule has 10 nitrogen and oxygen atoms in total. The van der Waals surface area contributed by atoms with Crippen LogP contribution in [0.25, 0.3) is 11.2 Å². The van der Waals surface area contributed by atoms with Gasteiger partial charge < -0.3 is 25.3 Å². The summed E-state index contributed by atoms with van der Waals surface area (Å²) < 4.78 is 9.27. The Morgan fingerprint density at radius 1 is 1.18 bits per heavy atom. The number of carbonyl (C=O) groups excluding carboxylic acids is 1. The molecule has 0 radical (unpaired) electrons. The summed E-state index contributed by atoms with van der Waals surface area (Å²) in [6, 6.07) is 3.20. The zero-order chi connectivity index (χ0) is 23.3. The van der Waals surface area contributed by atoms with E-state index in [1.165, 1.54) is 10.9 Å². The van der Waals surface area contributed by atoms with Crippen LogP contribution in [0.15, 0.2) is 29.5 Å². The first-order chi connectivity index (χ1) is 15.8. The van der Waals surface area contributed by atoms with E-state index in [2.05, 4.69) is 32.8 Å². The van der Waals surface area contributed by atoms with Crippen molar-refractivity contribution in [3.05, 3.63) is 40.6 Å². The fraction of sp³-hybridized carbons (Fsp3) is 0.478. The molecule has 10 heteroatoms. The molecule has 4 bridgehead atoms. The Labute approximate surface area is 191 Å². The monoisotopic (exact) mass is 451 g/mol. The van der Waals surface area contributed by atoms with E-state index in [4.69, 9.17) is 4.74 Å². The summed E-state index contributed by atoms with van der Waals surface area (Å²) in [6.07, 6.45) is 5.07. The van der Waals surface area contributed by atoms with Crippen LogP contribution >= 0.6 is 0 Å². The van der Waals surface area contributed by atoms with E-state index < -0.39 is 0 Å². The number of hydrogen-bond donors (Lipinski definition) is 3. The highest BCUT2D eigenvalue weighted by atomic mass is 16.5. The topological polar surface area (TPSA) is 115 Å². The number of hydrogen-bond acceptors (Lipinski definition) is 7. The molecule has 0 spiro atoms. The minimum Gasteiger partial charge on any atom is -0.386 e. The van der Waals surface area contributed by atoms with Crippen molar-refractivity contribution in [1.29, 1.82) is 0 Å². The number of aromatic nitrogens is 4. The highest BCUT2D eigenvalue weighted by Gasteiger charge is 2.29. The number of amides is 1. The molecular weight excluding hydrogens is 422 g/mol. The van der Waals surface area contributed by atoms with Gasteiger partial charge in [-0.2, -0.15) is 0 Å². The Kier molecular flexibility index (Phi) is 5.32. The van der Waals surface area contributed by atoms with Crippen molar-refractivity contribution in [2.75, 3.05) is 17.7 Å². The summed E-state index contributed by atoms with van der Waals surface area (Å²) in [5, 5.41) is 9.27. The molecule has 1 saturated carbocycles. The quantitative estimate of drug-likeness (QED) is 0.548. The van der Waals surface area contributed by atoms with Crippen LogP contribution in [-0.4, -0.2) is 44.3 Å². The van der Waals surface area contributed by atoms with Crippen LogP contribution in [0.3, 0.4) is 0 Å². The van der Waals surface area contributed by atoms with E-state index in [9.17, 15) is 9.59 Å². The van der Waals surface area contributed by atoms with Crippen molar-refractivity contribution < 1.29 is 9.53 Å². The molecule has 1 aliphatic carbocycles. The zero-order valence-corrected chi connectivity index (χ0v) is 19.3. The maximum absolute atomic E-state index is 13.3. The highest BCUT2D eigenvalue weighted by molar-refractivity contribution is 5.94. The molecule has 0 saturated heterocycles. The molecule has 174 valence electrons. The van der Waals surface area contributed by atoms with Crippen molar-refractivity contribution in [3.8, 4) is 0 Å². The molecule has 1 fully saturated rings. The van der Waals surface area contributed by atoms with E-state index in [1.54, 1.807) is 13.1 Å². The third-order valence-corrected chi connectivity index (χ3v) is 6.67. The van der Waals surface area contributed by atoms with Crippen LogP contribution in [0.2, 0.25) is 0 Å². The third kappa shape index (κ3) is 3.84. The number of ether oxygens (including phenoxy) is 1. The number of fused-ring (bicyclic) bond motifs is 3. The van der Waals surface area contributed by atoms with Gasteiger partial charge in [0.2, 0.25) is 0 Å². The average Bonchev–Trinajstić information content (AvgIpc) is 3.20. The maximum Gasteiger partial charge on any atom is 0.328 e. The van der Waals surface area contributed by atoms with Gasteiger partial charge in [-0.15, -0.1) is 0 Å². The van der Waals surface area contributed by atoms with Crippen LogP contribution in [0.1, 0.15) is 45.2 Å². The molecule has 0 aromatic carbocycles. The molecular formula is C23H29N7O3. The smallest absolute Gasteiger partial charge is 0.328 e. The number of carbonyl (C=O) groups is 1. The van der Waals surface area contributed by atoms with Crippen LogP contribution in [0.5, 0.6) is 0 Å². The average molecular weight is 452 g/mol. The number of rotatable bonds is 2. The fourth-order valence-electron chi connectivity index (χ4n) is 4.47. The van der Waals surface area contributed by atoms with Crippen LogP contribution in [0.4, 0.5) is 22.0 Å². The molecule has 2 aliphatic rings. The molecule has 5 rings (SSSR count). The molecule has 1 amide bonds. The normalized spacial score (nSPS) is 25.2. The minimum atomic E-state index is -0.343. The van der Waals surface area contributed by atoms with Crippen molar-refractivity contribution in [2.45, 2.75) is 58.4 Å². The van der Waals surface area contributed by atoms with Crippen LogP contribution in [-0.2, 0) is 11.3 Å². The molecule has 3 aromatic heterocycles. The second kappa shape index (κ2) is 8.18. The SMILES string of the molecule is CNc1cc2nc3c1ncn3C(=O)N[C@H](C)[C@@H](C)OCc1cc(c(=O)n(C3CC(C)C3)c1)N2. The molecule has 2 atom stereocenters. The van der Waals surface area contributed by atoms with Crippen LogP contribution < -0.4 is 21.5 Å². The zero-order valence-electron chi connectivity index (χ0n) is 19.3. The lowest BCUT2D eigenvalue weighted by Gasteiger charge is -2.34. The lowest BCUT2D eigenvalue weighted by Crippen LogP contribution is -2.43. The Morgan fingerprint density at radius 2 is 1.97 bits per heavy atom. The third-order valence-electron chi connectivity index (χ3n) is 6.67. The molecule has 1 aliphatic heterocycles.